The van der Waals surface area contributed by atoms with Crippen molar-refractivity contribution in [1.82, 2.24) is 0 Å². The molecule has 0 bridgehead atoms. The maximum absolute atomic E-state index is 12.5. The Hall–Kier alpha value is -2.49. The van der Waals surface area contributed by atoms with Gasteiger partial charge in [0.25, 0.3) is 5.91 Å². The van der Waals surface area contributed by atoms with Crippen LogP contribution in [0.15, 0.2) is 48.5 Å². The lowest BCUT2D eigenvalue weighted by molar-refractivity contribution is -0.122. The number of nitrogens with one attached hydrogen (secondary N) is 1. The molecule has 0 aromatic heterocycles. The first-order valence-corrected chi connectivity index (χ1v) is 10.2. The third-order valence-corrected chi connectivity index (χ3v) is 4.82. The Morgan fingerprint density at radius 2 is 1.68 bits per heavy atom. The van der Waals surface area contributed by atoms with Crippen LogP contribution in [-0.4, -0.2) is 18.6 Å². The number of hydrogen-bond donors (Lipinski definition) is 1. The van der Waals surface area contributed by atoms with Crippen LogP contribution in [0, 0.1) is 5.92 Å². The van der Waals surface area contributed by atoms with Crippen molar-refractivity contribution >= 4 is 11.6 Å². The summed E-state index contributed by atoms with van der Waals surface area (Å²) >= 11 is 0. The lowest BCUT2D eigenvalue weighted by atomic mass is 9.98. The number of para-hydroxylation sites is 1. The van der Waals surface area contributed by atoms with E-state index in [0.717, 1.165) is 35.6 Å². The fourth-order valence-corrected chi connectivity index (χ4v) is 2.75. The number of carbonyl (C=O) groups is 1. The molecule has 2 rings (SSSR count). The first kappa shape index (κ1) is 21.8. The van der Waals surface area contributed by atoms with Gasteiger partial charge in [0.1, 0.15) is 11.5 Å². The van der Waals surface area contributed by atoms with E-state index in [1.807, 2.05) is 42.5 Å². The first-order chi connectivity index (χ1) is 13.4. The van der Waals surface area contributed by atoms with Gasteiger partial charge in [-0.15, -0.1) is 0 Å². The van der Waals surface area contributed by atoms with E-state index in [-0.39, 0.29) is 5.91 Å². The monoisotopic (exact) mass is 383 g/mol. The summed E-state index contributed by atoms with van der Waals surface area (Å²) in [5.74, 6) is 2.41. The fraction of sp³-hybridized carbons (Fsp3) is 0.458. The van der Waals surface area contributed by atoms with Gasteiger partial charge in [-0.2, -0.15) is 0 Å². The van der Waals surface area contributed by atoms with Gasteiger partial charge in [-0.1, -0.05) is 45.9 Å². The van der Waals surface area contributed by atoms with Gasteiger partial charge >= 0.3 is 0 Å². The molecule has 4 nitrogen and oxygen atoms in total. The summed E-state index contributed by atoms with van der Waals surface area (Å²) in [4.78, 5) is 12.5. The number of ether oxygens (including phenoxy) is 2. The van der Waals surface area contributed by atoms with E-state index in [2.05, 4.69) is 39.1 Å². The van der Waals surface area contributed by atoms with Crippen molar-refractivity contribution in [2.24, 2.45) is 5.92 Å². The largest absolute Gasteiger partial charge is 0.494 e. The van der Waals surface area contributed by atoms with Crippen LogP contribution in [0.25, 0.3) is 0 Å². The summed E-state index contributed by atoms with van der Waals surface area (Å²) in [6.07, 6.45) is 1.45. The fourth-order valence-electron chi connectivity index (χ4n) is 2.75. The number of benzene rings is 2. The molecule has 152 valence electrons. The molecule has 2 aromatic rings. The van der Waals surface area contributed by atoms with Crippen molar-refractivity contribution in [1.29, 1.82) is 0 Å². The van der Waals surface area contributed by atoms with Crippen molar-refractivity contribution in [3.63, 3.8) is 0 Å². The van der Waals surface area contributed by atoms with Crippen LogP contribution in [0.5, 0.6) is 11.5 Å². The van der Waals surface area contributed by atoms with E-state index in [0.29, 0.717) is 18.4 Å². The van der Waals surface area contributed by atoms with E-state index < -0.39 is 6.10 Å². The van der Waals surface area contributed by atoms with Gasteiger partial charge in [-0.3, -0.25) is 4.79 Å². The summed E-state index contributed by atoms with van der Waals surface area (Å²) in [5.41, 5.74) is 1.86. The van der Waals surface area contributed by atoms with Gasteiger partial charge in [0.15, 0.2) is 6.10 Å². The molecular formula is C24H33NO3. The van der Waals surface area contributed by atoms with E-state index in [1.165, 1.54) is 0 Å². The van der Waals surface area contributed by atoms with Gasteiger partial charge in [0.2, 0.25) is 0 Å². The lowest BCUT2D eigenvalue weighted by Gasteiger charge is -2.19. The van der Waals surface area contributed by atoms with Crippen LogP contribution in [-0.2, 0) is 4.79 Å². The van der Waals surface area contributed by atoms with Gasteiger partial charge in [-0.25, -0.2) is 0 Å². The van der Waals surface area contributed by atoms with Crippen LogP contribution in [0.3, 0.4) is 0 Å². The third-order valence-electron chi connectivity index (χ3n) is 4.82. The van der Waals surface area contributed by atoms with E-state index in [1.54, 1.807) is 6.92 Å². The number of carbonyl (C=O) groups excluding carboxylic acids is 1. The van der Waals surface area contributed by atoms with Crippen LogP contribution in [0.2, 0.25) is 0 Å². The zero-order valence-corrected chi connectivity index (χ0v) is 17.7. The van der Waals surface area contributed by atoms with Gasteiger partial charge in [0.05, 0.1) is 6.61 Å². The van der Waals surface area contributed by atoms with Crippen LogP contribution >= 0.6 is 0 Å². The molecule has 0 fully saturated rings. The summed E-state index contributed by atoms with van der Waals surface area (Å²) in [6, 6.07) is 15.4. The zero-order valence-electron chi connectivity index (χ0n) is 17.7. The lowest BCUT2D eigenvalue weighted by Crippen LogP contribution is -2.30. The Morgan fingerprint density at radius 3 is 2.32 bits per heavy atom. The second kappa shape index (κ2) is 10.7. The molecule has 2 unspecified atom stereocenters. The molecule has 0 spiro atoms. The summed E-state index contributed by atoms with van der Waals surface area (Å²) in [7, 11) is 0. The molecule has 1 N–H and O–H groups in total. The van der Waals surface area contributed by atoms with Crippen LogP contribution < -0.4 is 14.8 Å². The minimum absolute atomic E-state index is 0.174. The predicted molar refractivity (Wildman–Crippen MR) is 115 cm³/mol. The van der Waals surface area contributed by atoms with Gasteiger partial charge in [-0.05, 0) is 67.5 Å². The van der Waals surface area contributed by atoms with Gasteiger partial charge < -0.3 is 14.8 Å². The molecule has 0 saturated heterocycles. The van der Waals surface area contributed by atoms with Crippen LogP contribution in [0.1, 0.15) is 58.9 Å². The topological polar surface area (TPSA) is 47.6 Å². The minimum Gasteiger partial charge on any atom is -0.494 e. The highest BCUT2D eigenvalue weighted by atomic mass is 16.5. The highest BCUT2D eigenvalue weighted by Gasteiger charge is 2.18. The average Bonchev–Trinajstić information content (AvgIpc) is 2.68. The molecule has 2 atom stereocenters. The molecule has 0 radical (unpaired) electrons. The standard InChI is InChI=1S/C24H33NO3/c1-6-18(4)22-9-7-8-10-23(22)28-19(5)24(26)25-20-11-13-21(14-12-20)27-16-15-17(2)3/h7-14,17-19H,6,15-16H2,1-5H3,(H,25,26). The molecule has 1 amide bonds. The molecule has 2 aromatic carbocycles. The SMILES string of the molecule is CCC(C)c1ccccc1OC(C)C(=O)Nc1ccc(OCCC(C)C)cc1. The van der Waals surface area contributed by atoms with Crippen molar-refractivity contribution in [2.45, 2.75) is 59.5 Å². The Bertz CT molecular complexity index is 740. The number of anilines is 1. The van der Waals surface area contributed by atoms with E-state index in [4.69, 9.17) is 9.47 Å². The second-order valence-electron chi connectivity index (χ2n) is 7.65. The molecule has 28 heavy (non-hydrogen) atoms. The van der Waals surface area contributed by atoms with E-state index in [9.17, 15) is 4.79 Å². The highest BCUT2D eigenvalue weighted by Crippen LogP contribution is 2.29. The van der Waals surface area contributed by atoms with Crippen molar-refractivity contribution < 1.29 is 14.3 Å². The van der Waals surface area contributed by atoms with Gasteiger partial charge in [0, 0.05) is 5.69 Å². The summed E-state index contributed by atoms with van der Waals surface area (Å²) in [5, 5.41) is 2.91. The minimum atomic E-state index is -0.591. The molecule has 4 heteroatoms. The molecular weight excluding hydrogens is 350 g/mol. The van der Waals surface area contributed by atoms with Crippen molar-refractivity contribution in [3.05, 3.63) is 54.1 Å². The molecule has 0 aliphatic rings. The Labute approximate surface area is 169 Å². The molecule has 0 aliphatic heterocycles. The summed E-state index contributed by atoms with van der Waals surface area (Å²) < 4.78 is 11.7. The first-order valence-electron chi connectivity index (χ1n) is 10.2. The maximum Gasteiger partial charge on any atom is 0.265 e. The zero-order chi connectivity index (χ0) is 20.5. The Balaban J connectivity index is 1.92. The van der Waals surface area contributed by atoms with Crippen molar-refractivity contribution in [2.75, 3.05) is 11.9 Å². The maximum atomic E-state index is 12.5. The average molecular weight is 384 g/mol. The highest BCUT2D eigenvalue weighted by molar-refractivity contribution is 5.94. The second-order valence-corrected chi connectivity index (χ2v) is 7.65. The number of rotatable bonds is 10. The third kappa shape index (κ3) is 6.59. The number of amides is 1. The Kier molecular flexibility index (Phi) is 8.37. The Morgan fingerprint density at radius 1 is 1.00 bits per heavy atom. The summed E-state index contributed by atoms with van der Waals surface area (Å²) in [6.45, 7) is 11.1. The molecule has 0 aliphatic carbocycles. The van der Waals surface area contributed by atoms with Crippen LogP contribution in [0.4, 0.5) is 5.69 Å². The van der Waals surface area contributed by atoms with E-state index >= 15 is 0 Å². The van der Waals surface area contributed by atoms with Crippen molar-refractivity contribution in [3.8, 4) is 11.5 Å². The molecule has 0 heterocycles. The molecule has 0 saturated carbocycles. The quantitative estimate of drug-likeness (QED) is 0.545. The predicted octanol–water partition coefficient (Wildman–Crippen LogP) is 6.03. The normalized spacial score (nSPS) is 13.1. The number of hydrogen-bond acceptors (Lipinski definition) is 3. The smallest absolute Gasteiger partial charge is 0.265 e.